The molecule has 4 heterocycles. The summed E-state index contributed by atoms with van der Waals surface area (Å²) in [6.45, 7) is 0. The number of benzene rings is 5. The molecule has 0 aliphatic heterocycles. The Balaban J connectivity index is 1.25. The maximum absolute atomic E-state index is 6.32. The molecule has 0 unspecified atom stereocenters. The molecule has 0 amide bonds. The molecule has 10 rings (SSSR count). The Kier molecular flexibility index (Phi) is 4.77. The molecule has 5 nitrogen and oxygen atoms in total. The Labute approximate surface area is 251 Å². The van der Waals surface area contributed by atoms with Crippen molar-refractivity contribution in [2.75, 3.05) is 4.90 Å². The number of nitrogens with zero attached hydrogens (tertiary/aromatic N) is 2. The summed E-state index contributed by atoms with van der Waals surface area (Å²) < 4.78 is 18.7. The molecule has 0 atom stereocenters. The van der Waals surface area contributed by atoms with Crippen molar-refractivity contribution in [1.82, 2.24) is 4.98 Å². The van der Waals surface area contributed by atoms with Gasteiger partial charge in [0, 0.05) is 43.7 Å². The predicted octanol–water partition coefficient (Wildman–Crippen LogP) is 11.2. The molecular formula is C39H24N2O3. The molecule has 5 heteroatoms. The number of pyridine rings is 1. The van der Waals surface area contributed by atoms with E-state index in [1.54, 1.807) is 0 Å². The molecule has 1 aliphatic carbocycles. The van der Waals surface area contributed by atoms with Gasteiger partial charge in [0.25, 0.3) is 0 Å². The maximum Gasteiger partial charge on any atom is 0.153 e. The number of aromatic nitrogens is 1. The number of rotatable bonds is 3. The van der Waals surface area contributed by atoms with Crippen LogP contribution in [0.25, 0.3) is 71.9 Å². The van der Waals surface area contributed by atoms with Crippen molar-refractivity contribution in [3.05, 3.63) is 127 Å². The minimum absolute atomic E-state index is 0.781. The number of aryl methyl sites for hydroxylation is 1. The van der Waals surface area contributed by atoms with Crippen molar-refractivity contribution in [3.63, 3.8) is 0 Å². The van der Waals surface area contributed by atoms with Gasteiger partial charge in [0.15, 0.2) is 5.58 Å². The van der Waals surface area contributed by atoms with Crippen molar-refractivity contribution in [3.8, 4) is 0 Å². The van der Waals surface area contributed by atoms with Crippen molar-refractivity contribution >= 4 is 89.1 Å². The van der Waals surface area contributed by atoms with Crippen LogP contribution in [0.4, 0.5) is 17.2 Å². The van der Waals surface area contributed by atoms with Gasteiger partial charge in [0.2, 0.25) is 0 Å². The van der Waals surface area contributed by atoms with Crippen LogP contribution in [0, 0.1) is 0 Å². The third-order valence-corrected chi connectivity index (χ3v) is 8.97. The predicted molar refractivity (Wildman–Crippen MR) is 178 cm³/mol. The number of para-hydroxylation sites is 2. The van der Waals surface area contributed by atoms with Gasteiger partial charge in [-0.1, -0.05) is 54.6 Å². The van der Waals surface area contributed by atoms with Gasteiger partial charge in [-0.25, -0.2) is 4.98 Å². The van der Waals surface area contributed by atoms with Crippen molar-refractivity contribution < 1.29 is 13.3 Å². The highest BCUT2D eigenvalue weighted by Gasteiger charge is 2.21. The molecular weight excluding hydrogens is 544 g/mol. The second-order valence-corrected chi connectivity index (χ2v) is 11.5. The van der Waals surface area contributed by atoms with Crippen LogP contribution >= 0.6 is 0 Å². The van der Waals surface area contributed by atoms with Gasteiger partial charge >= 0.3 is 0 Å². The second-order valence-electron chi connectivity index (χ2n) is 11.5. The van der Waals surface area contributed by atoms with Gasteiger partial charge in [0.1, 0.15) is 33.7 Å². The third-order valence-electron chi connectivity index (χ3n) is 8.97. The van der Waals surface area contributed by atoms with Crippen LogP contribution in [-0.2, 0) is 6.42 Å². The first-order chi connectivity index (χ1) is 21.8. The summed E-state index contributed by atoms with van der Waals surface area (Å²) >= 11 is 0. The summed E-state index contributed by atoms with van der Waals surface area (Å²) in [5.74, 6) is 0.803. The molecule has 44 heavy (non-hydrogen) atoms. The Morgan fingerprint density at radius 2 is 1.16 bits per heavy atom. The first-order valence-electron chi connectivity index (χ1n) is 14.9. The summed E-state index contributed by atoms with van der Waals surface area (Å²) in [5, 5.41) is 6.50. The third kappa shape index (κ3) is 3.38. The SMILES string of the molecule is C1=Cc2c(ccc3oc4cnc(N(c5ccc6oc7ccccc7c6c5)c5ccc6oc7ccccc7c6c5)cc4c23)CC1. The quantitative estimate of drug-likeness (QED) is 0.212. The number of anilines is 3. The molecule has 0 radical (unpaired) electrons. The monoisotopic (exact) mass is 568 g/mol. The fourth-order valence-corrected chi connectivity index (χ4v) is 6.92. The Bertz CT molecular complexity index is 2520. The van der Waals surface area contributed by atoms with E-state index in [0.29, 0.717) is 0 Å². The molecule has 9 aromatic rings. The summed E-state index contributed by atoms with van der Waals surface area (Å²) in [6, 6.07) is 35.5. The lowest BCUT2D eigenvalue weighted by atomic mass is 9.93. The summed E-state index contributed by atoms with van der Waals surface area (Å²) in [5.41, 5.74) is 9.69. The molecule has 0 saturated carbocycles. The van der Waals surface area contributed by atoms with Crippen LogP contribution < -0.4 is 4.90 Å². The van der Waals surface area contributed by atoms with Crippen molar-refractivity contribution in [2.45, 2.75) is 12.8 Å². The first-order valence-corrected chi connectivity index (χ1v) is 14.9. The lowest BCUT2D eigenvalue weighted by Gasteiger charge is -2.24. The second kappa shape index (κ2) is 8.85. The summed E-state index contributed by atoms with van der Waals surface area (Å²) in [4.78, 5) is 7.21. The molecule has 0 saturated heterocycles. The van der Waals surface area contributed by atoms with Crippen LogP contribution in [-0.4, -0.2) is 4.98 Å². The molecule has 0 fully saturated rings. The molecule has 1 aliphatic rings. The molecule has 208 valence electrons. The van der Waals surface area contributed by atoms with Gasteiger partial charge in [-0.2, -0.15) is 0 Å². The molecule has 4 aromatic heterocycles. The average Bonchev–Trinajstić information content (AvgIpc) is 3.76. The topological polar surface area (TPSA) is 55.6 Å². The normalized spacial score (nSPS) is 13.2. The minimum atomic E-state index is 0.781. The van der Waals surface area contributed by atoms with E-state index in [0.717, 1.165) is 95.8 Å². The number of furan rings is 3. The van der Waals surface area contributed by atoms with E-state index in [-0.39, 0.29) is 0 Å². The van der Waals surface area contributed by atoms with E-state index in [9.17, 15) is 0 Å². The smallest absolute Gasteiger partial charge is 0.153 e. The van der Waals surface area contributed by atoms with E-state index in [1.165, 1.54) is 11.1 Å². The average molecular weight is 569 g/mol. The fourth-order valence-electron chi connectivity index (χ4n) is 6.92. The first kappa shape index (κ1) is 23.7. The van der Waals surface area contributed by atoms with Gasteiger partial charge in [-0.15, -0.1) is 0 Å². The zero-order valence-corrected chi connectivity index (χ0v) is 23.6. The summed E-state index contributed by atoms with van der Waals surface area (Å²) in [7, 11) is 0. The Morgan fingerprint density at radius 3 is 1.86 bits per heavy atom. The van der Waals surface area contributed by atoms with Gasteiger partial charge in [-0.05, 0) is 84.6 Å². The molecule has 0 bridgehead atoms. The lowest BCUT2D eigenvalue weighted by Crippen LogP contribution is -2.11. The highest BCUT2D eigenvalue weighted by atomic mass is 16.3. The molecule has 0 spiro atoms. The summed E-state index contributed by atoms with van der Waals surface area (Å²) in [6.07, 6.45) is 8.45. The molecule has 5 aromatic carbocycles. The van der Waals surface area contributed by atoms with Gasteiger partial charge in [0.05, 0.1) is 6.20 Å². The Hall–Kier alpha value is -5.81. The minimum Gasteiger partial charge on any atom is -0.456 e. The number of hydrogen-bond acceptors (Lipinski definition) is 5. The largest absolute Gasteiger partial charge is 0.456 e. The standard InChI is InChI=1S/C39H24N2O3/c1-2-8-26-23(7-1)13-16-36-39(26)31-21-38(40-22-37(31)44-36)41(24-14-17-34-29(19-24)27-9-3-5-11-32(27)42-34)25-15-18-35-30(20-25)28-10-4-6-12-33(28)43-35/h2-6,8-22H,1,7H2. The van der Waals surface area contributed by atoms with E-state index in [2.05, 4.69) is 83.8 Å². The van der Waals surface area contributed by atoms with Crippen molar-refractivity contribution in [1.29, 1.82) is 0 Å². The lowest BCUT2D eigenvalue weighted by molar-refractivity contribution is 0.666. The van der Waals surface area contributed by atoms with Crippen LogP contribution in [0.5, 0.6) is 0 Å². The van der Waals surface area contributed by atoms with Gasteiger partial charge < -0.3 is 13.3 Å². The van der Waals surface area contributed by atoms with E-state index in [1.807, 2.05) is 42.6 Å². The van der Waals surface area contributed by atoms with Crippen LogP contribution in [0.1, 0.15) is 17.5 Å². The maximum atomic E-state index is 6.32. The van der Waals surface area contributed by atoms with E-state index >= 15 is 0 Å². The molecule has 0 N–H and O–H groups in total. The highest BCUT2D eigenvalue weighted by Crippen LogP contribution is 2.43. The number of fused-ring (bicyclic) bond motifs is 11. The van der Waals surface area contributed by atoms with Crippen molar-refractivity contribution in [2.24, 2.45) is 0 Å². The Morgan fingerprint density at radius 1 is 0.545 bits per heavy atom. The number of allylic oxidation sites excluding steroid dienone is 1. The van der Waals surface area contributed by atoms with Crippen LogP contribution in [0.2, 0.25) is 0 Å². The van der Waals surface area contributed by atoms with E-state index in [4.69, 9.17) is 18.2 Å². The zero-order chi connectivity index (χ0) is 28.8. The highest BCUT2D eigenvalue weighted by molar-refractivity contribution is 6.12. The number of hydrogen-bond donors (Lipinski definition) is 0. The van der Waals surface area contributed by atoms with Gasteiger partial charge in [-0.3, -0.25) is 4.90 Å². The van der Waals surface area contributed by atoms with E-state index < -0.39 is 0 Å². The van der Waals surface area contributed by atoms with Crippen LogP contribution in [0.3, 0.4) is 0 Å². The zero-order valence-electron chi connectivity index (χ0n) is 23.6. The fraction of sp³-hybridized carbons (Fsp3) is 0.0513. The van der Waals surface area contributed by atoms with Crippen LogP contribution in [0.15, 0.2) is 129 Å².